The van der Waals surface area contributed by atoms with E-state index in [9.17, 15) is 4.39 Å². The first-order valence-corrected chi connectivity index (χ1v) is 7.63. The lowest BCUT2D eigenvalue weighted by Gasteiger charge is -2.09. The van der Waals surface area contributed by atoms with Crippen molar-refractivity contribution in [3.63, 3.8) is 0 Å². The van der Waals surface area contributed by atoms with Gasteiger partial charge in [0, 0.05) is 12.3 Å². The zero-order chi connectivity index (χ0) is 13.9. The molecule has 1 aliphatic rings. The molecule has 20 heavy (non-hydrogen) atoms. The first-order valence-electron chi connectivity index (χ1n) is 6.84. The van der Waals surface area contributed by atoms with Crippen LogP contribution in [-0.2, 0) is 6.61 Å². The quantitative estimate of drug-likeness (QED) is 0.821. The van der Waals surface area contributed by atoms with E-state index in [1.54, 1.807) is 6.07 Å². The van der Waals surface area contributed by atoms with Gasteiger partial charge in [-0.2, -0.15) is 5.10 Å². The highest BCUT2D eigenvalue weighted by Crippen LogP contribution is 2.29. The van der Waals surface area contributed by atoms with Gasteiger partial charge in [0.15, 0.2) is 0 Å². The molecule has 1 aromatic heterocycles. The Bertz CT molecular complexity index is 593. The molecule has 1 aromatic carbocycles. The number of aromatic nitrogens is 2. The third kappa shape index (κ3) is 3.03. The zero-order valence-corrected chi connectivity index (χ0v) is 12.6. The van der Waals surface area contributed by atoms with Crippen molar-refractivity contribution in [1.82, 2.24) is 9.78 Å². The Kier molecular flexibility index (Phi) is 4.05. The van der Waals surface area contributed by atoms with Crippen LogP contribution in [0.5, 0.6) is 5.75 Å². The van der Waals surface area contributed by atoms with E-state index < -0.39 is 0 Å². The van der Waals surface area contributed by atoms with Gasteiger partial charge in [0.25, 0.3) is 0 Å². The Morgan fingerprint density at radius 3 is 2.90 bits per heavy atom. The van der Waals surface area contributed by atoms with Crippen LogP contribution in [0.15, 0.2) is 34.9 Å². The Hall–Kier alpha value is -1.36. The van der Waals surface area contributed by atoms with Crippen LogP contribution in [0.4, 0.5) is 4.39 Å². The minimum absolute atomic E-state index is 0.306. The fourth-order valence-corrected chi connectivity index (χ4v) is 2.93. The van der Waals surface area contributed by atoms with Crippen LogP contribution in [0.25, 0.3) is 0 Å². The largest absolute Gasteiger partial charge is 0.486 e. The van der Waals surface area contributed by atoms with Gasteiger partial charge in [-0.05, 0) is 47.0 Å². The number of rotatable bonds is 4. The third-order valence-electron chi connectivity index (χ3n) is 3.63. The molecule has 3 rings (SSSR count). The number of hydrogen-bond acceptors (Lipinski definition) is 2. The highest BCUT2D eigenvalue weighted by Gasteiger charge is 2.17. The summed E-state index contributed by atoms with van der Waals surface area (Å²) < 4.78 is 21.6. The lowest BCUT2D eigenvalue weighted by Crippen LogP contribution is -2.06. The summed E-state index contributed by atoms with van der Waals surface area (Å²) in [5, 5.41) is 4.54. The Morgan fingerprint density at radius 2 is 2.10 bits per heavy atom. The van der Waals surface area contributed by atoms with Crippen molar-refractivity contribution in [2.24, 2.45) is 0 Å². The molecule has 106 valence electrons. The van der Waals surface area contributed by atoms with Crippen molar-refractivity contribution in [2.45, 2.75) is 38.3 Å². The van der Waals surface area contributed by atoms with E-state index >= 15 is 0 Å². The first-order chi connectivity index (χ1) is 9.72. The van der Waals surface area contributed by atoms with E-state index in [-0.39, 0.29) is 5.82 Å². The summed E-state index contributed by atoms with van der Waals surface area (Å²) in [6.07, 6.45) is 6.99. The molecule has 1 aliphatic carbocycles. The topological polar surface area (TPSA) is 27.1 Å². The van der Waals surface area contributed by atoms with Gasteiger partial charge in [-0.25, -0.2) is 4.39 Å². The van der Waals surface area contributed by atoms with Gasteiger partial charge in [-0.3, -0.25) is 4.68 Å². The molecule has 0 bridgehead atoms. The maximum Gasteiger partial charge on any atom is 0.136 e. The molecular formula is C15H16BrFN2O. The number of nitrogens with zero attached hydrogens (tertiary/aromatic N) is 2. The summed E-state index contributed by atoms with van der Waals surface area (Å²) in [5.41, 5.74) is 0.869. The van der Waals surface area contributed by atoms with Crippen LogP contribution in [-0.4, -0.2) is 9.78 Å². The monoisotopic (exact) mass is 338 g/mol. The Labute approximate surface area is 125 Å². The molecule has 0 atom stereocenters. The van der Waals surface area contributed by atoms with Crippen molar-refractivity contribution < 1.29 is 9.13 Å². The number of hydrogen-bond donors (Lipinski definition) is 0. The molecule has 2 aromatic rings. The van der Waals surface area contributed by atoms with Gasteiger partial charge in [-0.1, -0.05) is 12.8 Å². The van der Waals surface area contributed by atoms with E-state index in [1.807, 2.05) is 16.9 Å². The predicted molar refractivity (Wildman–Crippen MR) is 78.2 cm³/mol. The number of halogens is 2. The summed E-state index contributed by atoms with van der Waals surface area (Å²) >= 11 is 3.35. The average molecular weight is 339 g/mol. The fourth-order valence-electron chi connectivity index (χ4n) is 2.57. The predicted octanol–water partition coefficient (Wildman–Crippen LogP) is 4.48. The Morgan fingerprint density at radius 1 is 1.30 bits per heavy atom. The fraction of sp³-hybridized carbons (Fsp3) is 0.400. The maximum atomic E-state index is 13.2. The van der Waals surface area contributed by atoms with Crippen LogP contribution < -0.4 is 4.74 Å². The second kappa shape index (κ2) is 5.95. The van der Waals surface area contributed by atoms with Crippen molar-refractivity contribution in [3.05, 3.63) is 46.4 Å². The lowest BCUT2D eigenvalue weighted by molar-refractivity contribution is 0.294. The van der Waals surface area contributed by atoms with E-state index in [1.165, 1.54) is 37.8 Å². The van der Waals surface area contributed by atoms with Gasteiger partial charge in [0.2, 0.25) is 0 Å². The van der Waals surface area contributed by atoms with Crippen molar-refractivity contribution in [3.8, 4) is 5.75 Å². The number of benzene rings is 1. The van der Waals surface area contributed by atoms with E-state index in [0.29, 0.717) is 18.4 Å². The SMILES string of the molecule is Fc1ccc(Br)c(OCc2ccn(C3CCCC3)n2)c1. The third-order valence-corrected chi connectivity index (χ3v) is 4.29. The average Bonchev–Trinajstić information content (AvgIpc) is 3.09. The Balaban J connectivity index is 1.64. The molecule has 3 nitrogen and oxygen atoms in total. The molecule has 0 saturated heterocycles. The first kappa shape index (κ1) is 13.6. The van der Waals surface area contributed by atoms with E-state index in [4.69, 9.17) is 4.74 Å². The zero-order valence-electron chi connectivity index (χ0n) is 11.1. The van der Waals surface area contributed by atoms with Gasteiger partial charge >= 0.3 is 0 Å². The molecule has 0 unspecified atom stereocenters. The molecular weight excluding hydrogens is 323 g/mol. The summed E-state index contributed by atoms with van der Waals surface area (Å²) in [7, 11) is 0. The molecule has 0 amide bonds. The van der Waals surface area contributed by atoms with Crippen molar-refractivity contribution in [1.29, 1.82) is 0 Å². The molecule has 0 aliphatic heterocycles. The van der Waals surface area contributed by atoms with Crippen LogP contribution in [0.1, 0.15) is 37.4 Å². The van der Waals surface area contributed by atoms with E-state index in [0.717, 1.165) is 10.2 Å². The molecule has 0 radical (unpaired) electrons. The molecule has 1 fully saturated rings. The molecule has 5 heteroatoms. The highest BCUT2D eigenvalue weighted by atomic mass is 79.9. The normalized spacial score (nSPS) is 15.7. The van der Waals surface area contributed by atoms with Gasteiger partial charge in [-0.15, -0.1) is 0 Å². The summed E-state index contributed by atoms with van der Waals surface area (Å²) in [5.74, 6) is 0.195. The van der Waals surface area contributed by atoms with Crippen LogP contribution in [0.2, 0.25) is 0 Å². The smallest absolute Gasteiger partial charge is 0.136 e. The van der Waals surface area contributed by atoms with Crippen LogP contribution >= 0.6 is 15.9 Å². The van der Waals surface area contributed by atoms with Crippen molar-refractivity contribution >= 4 is 15.9 Å². The molecule has 0 N–H and O–H groups in total. The summed E-state index contributed by atoms with van der Waals surface area (Å²) in [6.45, 7) is 0.349. The molecule has 1 saturated carbocycles. The highest BCUT2D eigenvalue weighted by molar-refractivity contribution is 9.10. The second-order valence-electron chi connectivity index (χ2n) is 5.09. The van der Waals surface area contributed by atoms with Crippen LogP contribution in [0.3, 0.4) is 0 Å². The molecule has 1 heterocycles. The van der Waals surface area contributed by atoms with Crippen LogP contribution in [0, 0.1) is 5.82 Å². The van der Waals surface area contributed by atoms with Crippen molar-refractivity contribution in [2.75, 3.05) is 0 Å². The maximum absolute atomic E-state index is 13.2. The molecule has 0 spiro atoms. The summed E-state index contributed by atoms with van der Waals surface area (Å²) in [4.78, 5) is 0. The minimum atomic E-state index is -0.306. The second-order valence-corrected chi connectivity index (χ2v) is 5.94. The minimum Gasteiger partial charge on any atom is -0.486 e. The van der Waals surface area contributed by atoms with Gasteiger partial charge in [0.1, 0.15) is 18.2 Å². The van der Waals surface area contributed by atoms with Gasteiger partial charge in [0.05, 0.1) is 16.2 Å². The van der Waals surface area contributed by atoms with E-state index in [2.05, 4.69) is 21.0 Å². The summed E-state index contributed by atoms with van der Waals surface area (Å²) in [6, 6.07) is 6.90. The number of ether oxygens (including phenoxy) is 1. The standard InChI is InChI=1S/C15H16BrFN2O/c16-14-6-5-11(17)9-15(14)20-10-12-7-8-19(18-12)13-3-1-2-4-13/h5-9,13H,1-4,10H2. The van der Waals surface area contributed by atoms with Gasteiger partial charge < -0.3 is 4.74 Å². The lowest BCUT2D eigenvalue weighted by atomic mass is 10.3.